The molecule has 0 bridgehead atoms. The van der Waals surface area contributed by atoms with Crippen LogP contribution in [0.2, 0.25) is 0 Å². The van der Waals surface area contributed by atoms with Gasteiger partial charge in [-0.25, -0.2) is 4.79 Å². The van der Waals surface area contributed by atoms with E-state index in [1.165, 1.54) is 12.1 Å². The predicted molar refractivity (Wildman–Crippen MR) is 81.5 cm³/mol. The van der Waals surface area contributed by atoms with E-state index in [2.05, 4.69) is 0 Å². The van der Waals surface area contributed by atoms with Gasteiger partial charge in [0.2, 0.25) is 0 Å². The number of cyclic esters (lactones) is 1. The molecule has 0 saturated carbocycles. The number of fused-ring (bicyclic) bond motifs is 1. The highest BCUT2D eigenvalue weighted by Crippen LogP contribution is 2.22. The Balaban J connectivity index is 1.74. The number of hydrogen-bond donors (Lipinski definition) is 0. The van der Waals surface area contributed by atoms with E-state index < -0.39 is 4.92 Å². The molecule has 1 aliphatic heterocycles. The van der Waals surface area contributed by atoms with Crippen molar-refractivity contribution in [1.82, 2.24) is 0 Å². The summed E-state index contributed by atoms with van der Waals surface area (Å²) >= 11 is 0. The highest BCUT2D eigenvalue weighted by Gasteiger charge is 2.23. The molecule has 0 aliphatic carbocycles. The van der Waals surface area contributed by atoms with Crippen molar-refractivity contribution in [2.75, 3.05) is 0 Å². The van der Waals surface area contributed by atoms with Crippen LogP contribution >= 0.6 is 0 Å². The fourth-order valence-electron chi connectivity index (χ4n) is 2.39. The molecule has 0 unspecified atom stereocenters. The first-order chi connectivity index (χ1) is 10.6. The summed E-state index contributed by atoms with van der Waals surface area (Å²) in [6.45, 7) is 0. The van der Waals surface area contributed by atoms with E-state index in [0.717, 1.165) is 11.1 Å². The molecule has 5 nitrogen and oxygen atoms in total. The lowest BCUT2D eigenvalue weighted by atomic mass is 9.98. The van der Waals surface area contributed by atoms with E-state index >= 15 is 0 Å². The number of carbonyl (C=O) groups excluding carboxylic acids is 1. The fraction of sp³-hybridized carbons (Fsp3) is 0.118. The number of hydrogen-bond acceptors (Lipinski definition) is 4. The average molecular weight is 295 g/mol. The first-order valence-electron chi connectivity index (χ1n) is 6.85. The molecule has 0 fully saturated rings. The fourth-order valence-corrected chi connectivity index (χ4v) is 2.39. The minimum absolute atomic E-state index is 0.0511. The van der Waals surface area contributed by atoms with Crippen molar-refractivity contribution in [2.24, 2.45) is 0 Å². The van der Waals surface area contributed by atoms with E-state index in [4.69, 9.17) is 4.74 Å². The topological polar surface area (TPSA) is 69.4 Å². The van der Waals surface area contributed by atoms with Crippen LogP contribution in [0.4, 0.5) is 5.69 Å². The van der Waals surface area contributed by atoms with Gasteiger partial charge in [0.25, 0.3) is 5.69 Å². The van der Waals surface area contributed by atoms with Crippen LogP contribution in [0.25, 0.3) is 6.08 Å². The lowest BCUT2D eigenvalue weighted by Crippen LogP contribution is -2.25. The van der Waals surface area contributed by atoms with Gasteiger partial charge in [-0.15, -0.1) is 0 Å². The summed E-state index contributed by atoms with van der Waals surface area (Å²) in [4.78, 5) is 22.1. The maximum atomic E-state index is 11.9. The maximum absolute atomic E-state index is 11.9. The van der Waals surface area contributed by atoms with Gasteiger partial charge >= 0.3 is 5.97 Å². The van der Waals surface area contributed by atoms with Gasteiger partial charge in [-0.3, -0.25) is 10.1 Å². The Morgan fingerprint density at radius 2 is 1.86 bits per heavy atom. The molecule has 110 valence electrons. The second-order valence-electron chi connectivity index (χ2n) is 5.01. The molecule has 5 heteroatoms. The zero-order chi connectivity index (χ0) is 15.5. The number of ether oxygens (including phenoxy) is 1. The number of esters is 1. The van der Waals surface area contributed by atoms with Crippen LogP contribution in [0.3, 0.4) is 0 Å². The Labute approximate surface area is 127 Å². The highest BCUT2D eigenvalue weighted by molar-refractivity contribution is 5.92. The number of benzene rings is 2. The minimum atomic E-state index is -0.437. The van der Waals surface area contributed by atoms with Crippen LogP contribution in [0, 0.1) is 10.1 Å². The Kier molecular flexibility index (Phi) is 3.70. The molecule has 2 aromatic carbocycles. The molecule has 0 radical (unpaired) electrons. The van der Waals surface area contributed by atoms with Crippen molar-refractivity contribution >= 4 is 17.7 Å². The Morgan fingerprint density at radius 3 is 2.59 bits per heavy atom. The normalized spacial score (nSPS) is 17.1. The lowest BCUT2D eigenvalue weighted by Gasteiger charge is -2.22. The average Bonchev–Trinajstić information content (AvgIpc) is 2.53. The van der Waals surface area contributed by atoms with Crippen LogP contribution < -0.4 is 0 Å². The molecular formula is C17H13NO4. The van der Waals surface area contributed by atoms with E-state index in [-0.39, 0.29) is 17.8 Å². The summed E-state index contributed by atoms with van der Waals surface area (Å²) in [5.41, 5.74) is 2.45. The maximum Gasteiger partial charge on any atom is 0.339 e. The van der Waals surface area contributed by atoms with Gasteiger partial charge in [0, 0.05) is 18.6 Å². The Hall–Kier alpha value is -2.95. The number of carbonyl (C=O) groups is 1. The van der Waals surface area contributed by atoms with Crippen molar-refractivity contribution < 1.29 is 14.5 Å². The molecule has 22 heavy (non-hydrogen) atoms. The van der Waals surface area contributed by atoms with Crippen LogP contribution in [0.15, 0.2) is 54.6 Å². The van der Waals surface area contributed by atoms with Gasteiger partial charge < -0.3 is 4.74 Å². The number of nitro benzene ring substituents is 1. The first kappa shape index (κ1) is 14.0. The summed E-state index contributed by atoms with van der Waals surface area (Å²) in [7, 11) is 0. The molecule has 1 atom stereocenters. The minimum Gasteiger partial charge on any atom is -0.454 e. The molecular weight excluding hydrogens is 282 g/mol. The molecule has 0 amide bonds. The molecule has 0 spiro atoms. The lowest BCUT2D eigenvalue weighted by molar-refractivity contribution is -0.384. The number of nitro groups is 1. The van der Waals surface area contributed by atoms with E-state index in [1.54, 1.807) is 30.4 Å². The van der Waals surface area contributed by atoms with Crippen LogP contribution in [-0.2, 0) is 11.2 Å². The number of rotatable bonds is 3. The van der Waals surface area contributed by atoms with Crippen molar-refractivity contribution in [3.05, 3.63) is 81.4 Å². The van der Waals surface area contributed by atoms with Crippen molar-refractivity contribution in [3.8, 4) is 0 Å². The van der Waals surface area contributed by atoms with Gasteiger partial charge in [0.15, 0.2) is 0 Å². The third-order valence-electron chi connectivity index (χ3n) is 3.52. The summed E-state index contributed by atoms with van der Waals surface area (Å²) in [5.74, 6) is -0.319. The molecule has 2 aromatic rings. The molecule has 0 aromatic heterocycles. The van der Waals surface area contributed by atoms with Gasteiger partial charge in [-0.05, 0) is 35.4 Å². The summed E-state index contributed by atoms with van der Waals surface area (Å²) < 4.78 is 5.36. The molecule has 1 aliphatic rings. The van der Waals surface area contributed by atoms with Crippen molar-refractivity contribution in [3.63, 3.8) is 0 Å². The van der Waals surface area contributed by atoms with E-state index in [1.807, 2.05) is 18.2 Å². The first-order valence-corrected chi connectivity index (χ1v) is 6.85. The third-order valence-corrected chi connectivity index (χ3v) is 3.52. The predicted octanol–water partition coefficient (Wildman–Crippen LogP) is 3.39. The number of nitrogens with zero attached hydrogens (tertiary/aromatic N) is 1. The van der Waals surface area contributed by atoms with Gasteiger partial charge in [-0.2, -0.15) is 0 Å². The zero-order valence-electron chi connectivity index (χ0n) is 11.6. The van der Waals surface area contributed by atoms with E-state index in [0.29, 0.717) is 12.0 Å². The molecule has 1 heterocycles. The largest absolute Gasteiger partial charge is 0.454 e. The monoisotopic (exact) mass is 295 g/mol. The second kappa shape index (κ2) is 5.81. The van der Waals surface area contributed by atoms with Crippen LogP contribution in [0.5, 0.6) is 0 Å². The summed E-state index contributed by atoms with van der Waals surface area (Å²) in [6.07, 6.45) is 3.91. The SMILES string of the molecule is O=C1O[C@H](/C=C/c2ccc([N+](=O)[O-])cc2)Cc2ccccc21. The smallest absolute Gasteiger partial charge is 0.339 e. The quantitative estimate of drug-likeness (QED) is 0.494. The third kappa shape index (κ3) is 2.88. The van der Waals surface area contributed by atoms with Crippen molar-refractivity contribution in [2.45, 2.75) is 12.5 Å². The van der Waals surface area contributed by atoms with Gasteiger partial charge in [-0.1, -0.05) is 24.3 Å². The Morgan fingerprint density at radius 1 is 1.14 bits per heavy atom. The zero-order valence-corrected chi connectivity index (χ0v) is 11.6. The Bertz CT molecular complexity index is 750. The highest BCUT2D eigenvalue weighted by atomic mass is 16.6. The van der Waals surface area contributed by atoms with Gasteiger partial charge in [0.1, 0.15) is 6.10 Å². The van der Waals surface area contributed by atoms with Crippen LogP contribution in [-0.4, -0.2) is 17.0 Å². The molecule has 3 rings (SSSR count). The molecule has 0 N–H and O–H groups in total. The summed E-state index contributed by atoms with van der Waals surface area (Å²) in [5, 5.41) is 10.6. The standard InChI is InChI=1S/C17H13NO4/c19-17-16-4-2-1-3-13(16)11-15(22-17)10-7-12-5-8-14(9-6-12)18(20)21/h1-10,15H,11H2/b10-7+/t15-/m1/s1. The summed E-state index contributed by atoms with van der Waals surface area (Å²) in [6, 6.07) is 13.6. The van der Waals surface area contributed by atoms with Gasteiger partial charge in [0.05, 0.1) is 10.5 Å². The molecule has 0 saturated heterocycles. The number of non-ortho nitro benzene ring substituents is 1. The second-order valence-corrected chi connectivity index (χ2v) is 5.01. The van der Waals surface area contributed by atoms with E-state index in [9.17, 15) is 14.9 Å². The van der Waals surface area contributed by atoms with Crippen molar-refractivity contribution in [1.29, 1.82) is 0 Å². The van der Waals surface area contributed by atoms with Crippen LogP contribution in [0.1, 0.15) is 21.5 Å².